The zero-order chi connectivity index (χ0) is 19.9. The van der Waals surface area contributed by atoms with E-state index in [9.17, 15) is 8.42 Å². The maximum atomic E-state index is 12.5. The molecule has 10 heteroatoms. The van der Waals surface area contributed by atoms with Gasteiger partial charge in [0, 0.05) is 11.3 Å². The second-order valence-electron chi connectivity index (χ2n) is 5.99. The smallest absolute Gasteiger partial charge is 0.261 e. The van der Waals surface area contributed by atoms with Crippen molar-refractivity contribution in [2.75, 3.05) is 4.72 Å². The molecule has 7 nitrogen and oxygen atoms in total. The Kier molecular flexibility index (Phi) is 4.70. The van der Waals surface area contributed by atoms with Crippen LogP contribution in [-0.2, 0) is 10.0 Å². The van der Waals surface area contributed by atoms with Gasteiger partial charge in [0.25, 0.3) is 10.0 Å². The largest absolute Gasteiger partial charge is 0.280 e. The van der Waals surface area contributed by atoms with E-state index in [1.165, 1.54) is 18.2 Å². The van der Waals surface area contributed by atoms with Crippen LogP contribution in [-0.4, -0.2) is 28.2 Å². The van der Waals surface area contributed by atoms with Gasteiger partial charge in [-0.25, -0.2) is 8.42 Å². The van der Waals surface area contributed by atoms with Crippen LogP contribution in [0.1, 0.15) is 5.82 Å². The Morgan fingerprint density at radius 2 is 1.68 bits per heavy atom. The third-order valence-corrected chi connectivity index (χ3v) is 6.17. The predicted octanol–water partition coefficient (Wildman–Crippen LogP) is 4.21. The average Bonchev–Trinajstić information content (AvgIpc) is 3.04. The molecular formula is C18H13Cl2N5O2S. The number of aryl methyl sites for hydroxylation is 1. The summed E-state index contributed by atoms with van der Waals surface area (Å²) in [5.74, 6) is 0.683. The first-order valence-corrected chi connectivity index (χ1v) is 10.3. The number of hydrogen-bond donors (Lipinski definition) is 1. The van der Waals surface area contributed by atoms with Gasteiger partial charge in [-0.2, -0.15) is 9.61 Å². The standard InChI is InChI=1S/C18H13Cl2N5O2S/c1-11-21-22-18-9-8-17(23-25(11)18)12-2-4-13(5-3-12)24-28(26,27)14-6-7-15(19)16(20)10-14/h2-10,24H,1H3. The number of nitrogens with zero attached hydrogens (tertiary/aromatic N) is 4. The molecule has 2 heterocycles. The van der Waals surface area contributed by atoms with Crippen LogP contribution in [0.3, 0.4) is 0 Å². The Morgan fingerprint density at radius 3 is 2.39 bits per heavy atom. The molecule has 0 fully saturated rings. The monoisotopic (exact) mass is 433 g/mol. The molecule has 0 atom stereocenters. The lowest BCUT2D eigenvalue weighted by atomic mass is 10.1. The van der Waals surface area contributed by atoms with Gasteiger partial charge in [-0.05, 0) is 49.4 Å². The molecule has 142 valence electrons. The Hall–Kier alpha value is -2.68. The highest BCUT2D eigenvalue weighted by Gasteiger charge is 2.16. The topological polar surface area (TPSA) is 89.2 Å². The zero-order valence-electron chi connectivity index (χ0n) is 14.5. The first-order valence-electron chi connectivity index (χ1n) is 8.11. The number of sulfonamides is 1. The van der Waals surface area contributed by atoms with Crippen molar-refractivity contribution in [2.24, 2.45) is 0 Å². The molecule has 0 saturated carbocycles. The van der Waals surface area contributed by atoms with Crippen molar-refractivity contribution >= 4 is 44.6 Å². The third-order valence-electron chi connectivity index (χ3n) is 4.05. The molecule has 0 aliphatic rings. The molecule has 0 unspecified atom stereocenters. The maximum absolute atomic E-state index is 12.5. The third kappa shape index (κ3) is 3.54. The molecule has 0 saturated heterocycles. The normalized spacial score (nSPS) is 11.7. The summed E-state index contributed by atoms with van der Waals surface area (Å²) in [5, 5.41) is 12.9. The highest BCUT2D eigenvalue weighted by atomic mass is 35.5. The number of nitrogens with one attached hydrogen (secondary N) is 1. The summed E-state index contributed by atoms with van der Waals surface area (Å²) < 4.78 is 29.2. The van der Waals surface area contributed by atoms with Crippen LogP contribution < -0.4 is 4.72 Å². The van der Waals surface area contributed by atoms with E-state index in [1.807, 2.05) is 19.1 Å². The van der Waals surface area contributed by atoms with Crippen molar-refractivity contribution in [1.29, 1.82) is 0 Å². The lowest BCUT2D eigenvalue weighted by Gasteiger charge is -2.10. The van der Waals surface area contributed by atoms with Gasteiger partial charge in [0.1, 0.15) is 0 Å². The van der Waals surface area contributed by atoms with Crippen molar-refractivity contribution in [2.45, 2.75) is 11.8 Å². The van der Waals surface area contributed by atoms with Crippen LogP contribution in [0.2, 0.25) is 10.0 Å². The Bertz CT molecular complexity index is 1290. The van der Waals surface area contributed by atoms with E-state index >= 15 is 0 Å². The number of fused-ring (bicyclic) bond motifs is 1. The zero-order valence-corrected chi connectivity index (χ0v) is 16.8. The van der Waals surface area contributed by atoms with E-state index < -0.39 is 10.0 Å². The number of anilines is 1. The van der Waals surface area contributed by atoms with Gasteiger partial charge < -0.3 is 0 Å². The van der Waals surface area contributed by atoms with E-state index in [1.54, 1.807) is 28.8 Å². The number of benzene rings is 2. The molecule has 0 bridgehead atoms. The molecular weight excluding hydrogens is 421 g/mol. The second kappa shape index (κ2) is 7.05. The van der Waals surface area contributed by atoms with E-state index in [2.05, 4.69) is 20.0 Å². The van der Waals surface area contributed by atoms with E-state index in [0.29, 0.717) is 22.9 Å². The molecule has 0 aliphatic carbocycles. The molecule has 2 aromatic carbocycles. The predicted molar refractivity (Wildman–Crippen MR) is 108 cm³/mol. The molecule has 28 heavy (non-hydrogen) atoms. The minimum Gasteiger partial charge on any atom is -0.280 e. The summed E-state index contributed by atoms with van der Waals surface area (Å²) in [5.41, 5.74) is 2.62. The van der Waals surface area contributed by atoms with Gasteiger partial charge in [-0.1, -0.05) is 35.3 Å². The molecule has 0 aliphatic heterocycles. The van der Waals surface area contributed by atoms with Crippen LogP contribution in [0.4, 0.5) is 5.69 Å². The highest BCUT2D eigenvalue weighted by Crippen LogP contribution is 2.27. The minimum absolute atomic E-state index is 0.0289. The van der Waals surface area contributed by atoms with Gasteiger partial charge >= 0.3 is 0 Å². The fraction of sp³-hybridized carbons (Fsp3) is 0.0556. The fourth-order valence-electron chi connectivity index (χ4n) is 2.62. The first kappa shape index (κ1) is 18.7. The number of rotatable bonds is 4. The van der Waals surface area contributed by atoms with E-state index in [0.717, 1.165) is 5.56 Å². The lowest BCUT2D eigenvalue weighted by molar-refractivity contribution is 0.601. The Morgan fingerprint density at radius 1 is 0.929 bits per heavy atom. The molecule has 4 rings (SSSR count). The summed E-state index contributed by atoms with van der Waals surface area (Å²) in [7, 11) is -3.79. The van der Waals surface area contributed by atoms with Crippen LogP contribution in [0, 0.1) is 6.92 Å². The minimum atomic E-state index is -3.79. The maximum Gasteiger partial charge on any atom is 0.261 e. The van der Waals surface area contributed by atoms with Gasteiger partial charge in [-0.3, -0.25) is 4.72 Å². The van der Waals surface area contributed by atoms with Crippen LogP contribution in [0.5, 0.6) is 0 Å². The first-order chi connectivity index (χ1) is 13.3. The summed E-state index contributed by atoms with van der Waals surface area (Å²) in [4.78, 5) is 0.0289. The molecule has 0 spiro atoms. The van der Waals surface area contributed by atoms with Crippen molar-refractivity contribution < 1.29 is 8.42 Å². The average molecular weight is 434 g/mol. The van der Waals surface area contributed by atoms with Gasteiger partial charge in [0.15, 0.2) is 11.5 Å². The van der Waals surface area contributed by atoms with Crippen molar-refractivity contribution in [1.82, 2.24) is 19.8 Å². The summed E-state index contributed by atoms with van der Waals surface area (Å²) >= 11 is 11.8. The molecule has 1 N–H and O–H groups in total. The molecule has 2 aromatic heterocycles. The molecule has 4 aromatic rings. The van der Waals surface area contributed by atoms with Gasteiger partial charge in [0.05, 0.1) is 20.6 Å². The number of halogens is 2. The lowest BCUT2D eigenvalue weighted by Crippen LogP contribution is -2.12. The molecule has 0 amide bonds. The SMILES string of the molecule is Cc1nnc2ccc(-c3ccc(NS(=O)(=O)c4ccc(Cl)c(Cl)c4)cc3)nn12. The summed E-state index contributed by atoms with van der Waals surface area (Å²) in [6.45, 7) is 1.82. The second-order valence-corrected chi connectivity index (χ2v) is 8.49. The van der Waals surface area contributed by atoms with E-state index in [4.69, 9.17) is 23.2 Å². The van der Waals surface area contributed by atoms with Crippen molar-refractivity contribution in [3.05, 3.63) is 70.5 Å². The van der Waals surface area contributed by atoms with Crippen LogP contribution >= 0.6 is 23.2 Å². The Balaban J connectivity index is 1.60. The van der Waals surface area contributed by atoms with Crippen LogP contribution in [0.15, 0.2) is 59.5 Å². The quantitative estimate of drug-likeness (QED) is 0.520. The van der Waals surface area contributed by atoms with Gasteiger partial charge in [0.2, 0.25) is 0 Å². The highest BCUT2D eigenvalue weighted by molar-refractivity contribution is 7.92. The number of aromatic nitrogens is 4. The van der Waals surface area contributed by atoms with Crippen LogP contribution in [0.25, 0.3) is 16.9 Å². The summed E-state index contributed by atoms with van der Waals surface area (Å²) in [6, 6.07) is 14.7. The number of hydrogen-bond acceptors (Lipinski definition) is 5. The van der Waals surface area contributed by atoms with Crippen molar-refractivity contribution in [3.8, 4) is 11.3 Å². The van der Waals surface area contributed by atoms with E-state index in [-0.39, 0.29) is 14.9 Å². The van der Waals surface area contributed by atoms with Crippen molar-refractivity contribution in [3.63, 3.8) is 0 Å². The van der Waals surface area contributed by atoms with Gasteiger partial charge in [-0.15, -0.1) is 10.2 Å². The summed E-state index contributed by atoms with van der Waals surface area (Å²) in [6.07, 6.45) is 0. The fourth-order valence-corrected chi connectivity index (χ4v) is 4.06. The molecule has 0 radical (unpaired) electrons. The Labute approximate surface area is 171 Å².